The van der Waals surface area contributed by atoms with Gasteiger partial charge in [-0.05, 0) is 50.6 Å². The van der Waals surface area contributed by atoms with Crippen molar-refractivity contribution in [3.63, 3.8) is 0 Å². The summed E-state index contributed by atoms with van der Waals surface area (Å²) in [5, 5.41) is 1.97. The van der Waals surface area contributed by atoms with E-state index >= 15 is 0 Å². The summed E-state index contributed by atoms with van der Waals surface area (Å²) in [6, 6.07) is 7.19. The fourth-order valence-electron chi connectivity index (χ4n) is 2.41. The standard InChI is InChI=1S/C18H18N2O2S2/c1-10-11(2)24-18-16(10)17(19-12(3)20-18)23-9-15(21)13-5-7-14(22-4)8-6-13/h5-8H,9H2,1-4H3. The zero-order valence-electron chi connectivity index (χ0n) is 14.0. The van der Waals surface area contributed by atoms with Gasteiger partial charge in [-0.15, -0.1) is 11.3 Å². The van der Waals surface area contributed by atoms with Gasteiger partial charge in [0.25, 0.3) is 0 Å². The molecule has 2 aromatic heterocycles. The fraction of sp³-hybridized carbons (Fsp3) is 0.278. The van der Waals surface area contributed by atoms with E-state index in [0.717, 1.165) is 26.8 Å². The van der Waals surface area contributed by atoms with Gasteiger partial charge in [0.1, 0.15) is 21.4 Å². The molecule has 6 heteroatoms. The van der Waals surface area contributed by atoms with E-state index in [1.807, 2.05) is 6.92 Å². The van der Waals surface area contributed by atoms with Crippen LogP contribution in [0, 0.1) is 20.8 Å². The molecular formula is C18H18N2O2S2. The van der Waals surface area contributed by atoms with E-state index < -0.39 is 0 Å². The van der Waals surface area contributed by atoms with Gasteiger partial charge in [0, 0.05) is 15.8 Å². The van der Waals surface area contributed by atoms with Crippen molar-refractivity contribution in [2.24, 2.45) is 0 Å². The Balaban J connectivity index is 1.83. The Labute approximate surface area is 149 Å². The van der Waals surface area contributed by atoms with Gasteiger partial charge in [-0.25, -0.2) is 9.97 Å². The van der Waals surface area contributed by atoms with Gasteiger partial charge >= 0.3 is 0 Å². The number of benzene rings is 1. The Morgan fingerprint density at radius 1 is 1.17 bits per heavy atom. The Morgan fingerprint density at radius 3 is 2.54 bits per heavy atom. The predicted molar refractivity (Wildman–Crippen MR) is 99.7 cm³/mol. The van der Waals surface area contributed by atoms with Crippen LogP contribution in [-0.4, -0.2) is 28.6 Å². The first-order valence-corrected chi connectivity index (χ1v) is 9.34. The number of hydrogen-bond acceptors (Lipinski definition) is 6. The second kappa shape index (κ2) is 6.91. The molecule has 0 spiro atoms. The molecular weight excluding hydrogens is 340 g/mol. The van der Waals surface area contributed by atoms with Gasteiger partial charge in [0.15, 0.2) is 5.78 Å². The molecule has 0 fully saturated rings. The minimum atomic E-state index is 0.0803. The van der Waals surface area contributed by atoms with E-state index in [-0.39, 0.29) is 5.78 Å². The summed E-state index contributed by atoms with van der Waals surface area (Å²) in [7, 11) is 1.61. The minimum absolute atomic E-state index is 0.0803. The second-order valence-corrected chi connectivity index (χ2v) is 7.65. The second-order valence-electron chi connectivity index (χ2n) is 5.48. The molecule has 124 valence electrons. The lowest BCUT2D eigenvalue weighted by Crippen LogP contribution is -2.03. The molecule has 0 radical (unpaired) electrons. The number of ether oxygens (including phenoxy) is 1. The molecule has 3 rings (SSSR count). The summed E-state index contributed by atoms with van der Waals surface area (Å²) >= 11 is 3.16. The van der Waals surface area contributed by atoms with Gasteiger partial charge in [0.2, 0.25) is 0 Å². The van der Waals surface area contributed by atoms with Crippen LogP contribution >= 0.6 is 23.1 Å². The molecule has 0 aliphatic heterocycles. The number of thiophene rings is 1. The van der Waals surface area contributed by atoms with E-state index in [1.54, 1.807) is 42.7 Å². The summed E-state index contributed by atoms with van der Waals surface area (Å²) in [4.78, 5) is 23.7. The van der Waals surface area contributed by atoms with Crippen molar-refractivity contribution >= 4 is 39.1 Å². The topological polar surface area (TPSA) is 52.1 Å². The first kappa shape index (κ1) is 16.9. The number of nitrogens with zero attached hydrogens (tertiary/aromatic N) is 2. The number of aryl methyl sites for hydroxylation is 3. The average Bonchev–Trinajstić information content (AvgIpc) is 2.86. The van der Waals surface area contributed by atoms with Crippen LogP contribution in [0.25, 0.3) is 10.2 Å². The summed E-state index contributed by atoms with van der Waals surface area (Å²) in [5.74, 6) is 1.92. The van der Waals surface area contributed by atoms with E-state index in [0.29, 0.717) is 11.3 Å². The molecule has 0 aliphatic rings. The highest BCUT2D eigenvalue weighted by Gasteiger charge is 2.15. The number of carbonyl (C=O) groups is 1. The van der Waals surface area contributed by atoms with E-state index in [1.165, 1.54) is 22.2 Å². The SMILES string of the molecule is COc1ccc(C(=O)CSc2nc(C)nc3sc(C)c(C)c23)cc1. The van der Waals surface area contributed by atoms with E-state index in [4.69, 9.17) is 4.74 Å². The van der Waals surface area contributed by atoms with Crippen LogP contribution in [0.15, 0.2) is 29.3 Å². The zero-order valence-corrected chi connectivity index (χ0v) is 15.7. The van der Waals surface area contributed by atoms with Gasteiger partial charge in [-0.2, -0.15) is 0 Å². The Bertz CT molecular complexity index is 902. The van der Waals surface area contributed by atoms with Crippen molar-refractivity contribution in [3.05, 3.63) is 46.1 Å². The Morgan fingerprint density at radius 2 is 1.88 bits per heavy atom. The zero-order chi connectivity index (χ0) is 17.3. The minimum Gasteiger partial charge on any atom is -0.497 e. The number of thioether (sulfide) groups is 1. The monoisotopic (exact) mass is 358 g/mol. The highest BCUT2D eigenvalue weighted by atomic mass is 32.2. The number of fused-ring (bicyclic) bond motifs is 1. The van der Waals surface area contributed by atoms with Crippen LogP contribution < -0.4 is 4.74 Å². The summed E-state index contributed by atoms with van der Waals surface area (Å²) in [6.45, 7) is 6.06. The van der Waals surface area contributed by atoms with Gasteiger partial charge in [0.05, 0.1) is 12.9 Å². The summed E-state index contributed by atoms with van der Waals surface area (Å²) in [6.07, 6.45) is 0. The molecule has 0 saturated heterocycles. The number of ketones is 1. The van der Waals surface area contributed by atoms with Crippen LogP contribution in [-0.2, 0) is 0 Å². The number of aromatic nitrogens is 2. The van der Waals surface area contributed by atoms with E-state index in [9.17, 15) is 4.79 Å². The van der Waals surface area contributed by atoms with Crippen LogP contribution in [0.1, 0.15) is 26.6 Å². The number of carbonyl (C=O) groups excluding carboxylic acids is 1. The first-order chi connectivity index (χ1) is 11.5. The lowest BCUT2D eigenvalue weighted by atomic mass is 10.1. The third kappa shape index (κ3) is 3.30. The average molecular weight is 358 g/mol. The van der Waals surface area contributed by atoms with Crippen LogP contribution in [0.2, 0.25) is 0 Å². The molecule has 0 N–H and O–H groups in total. The Hall–Kier alpha value is -1.92. The molecule has 0 atom stereocenters. The molecule has 0 unspecified atom stereocenters. The fourth-order valence-corrected chi connectivity index (χ4v) is 4.58. The predicted octanol–water partition coefficient (Wildman–Crippen LogP) is 4.60. The maximum atomic E-state index is 12.4. The highest BCUT2D eigenvalue weighted by molar-refractivity contribution is 8.00. The lowest BCUT2D eigenvalue weighted by Gasteiger charge is -2.06. The van der Waals surface area contributed by atoms with Crippen molar-refractivity contribution in [2.45, 2.75) is 25.8 Å². The molecule has 2 heterocycles. The van der Waals surface area contributed by atoms with Gasteiger partial charge in [-0.1, -0.05) is 11.8 Å². The molecule has 0 aliphatic carbocycles. The molecule has 4 nitrogen and oxygen atoms in total. The lowest BCUT2D eigenvalue weighted by molar-refractivity contribution is 0.102. The Kier molecular flexibility index (Phi) is 4.87. The number of methoxy groups -OCH3 is 1. The third-order valence-electron chi connectivity index (χ3n) is 3.86. The largest absolute Gasteiger partial charge is 0.497 e. The van der Waals surface area contributed by atoms with Crippen LogP contribution in [0.4, 0.5) is 0 Å². The number of Topliss-reactive ketones (excluding diaryl/α,β-unsaturated/α-hetero) is 1. The van der Waals surface area contributed by atoms with E-state index in [2.05, 4.69) is 23.8 Å². The summed E-state index contributed by atoms with van der Waals surface area (Å²) < 4.78 is 5.12. The van der Waals surface area contributed by atoms with Crippen molar-refractivity contribution in [2.75, 3.05) is 12.9 Å². The third-order valence-corrected chi connectivity index (χ3v) is 5.94. The smallest absolute Gasteiger partial charge is 0.173 e. The van der Waals surface area contributed by atoms with Crippen molar-refractivity contribution in [3.8, 4) is 5.75 Å². The molecule has 0 bridgehead atoms. The van der Waals surface area contributed by atoms with Crippen molar-refractivity contribution in [1.29, 1.82) is 0 Å². The molecule has 24 heavy (non-hydrogen) atoms. The molecule has 0 amide bonds. The first-order valence-electron chi connectivity index (χ1n) is 7.54. The quantitative estimate of drug-likeness (QED) is 0.379. The number of hydrogen-bond donors (Lipinski definition) is 0. The summed E-state index contributed by atoms with van der Waals surface area (Å²) in [5.41, 5.74) is 1.89. The van der Waals surface area contributed by atoms with Gasteiger partial charge in [-0.3, -0.25) is 4.79 Å². The van der Waals surface area contributed by atoms with Crippen LogP contribution in [0.5, 0.6) is 5.75 Å². The van der Waals surface area contributed by atoms with Crippen LogP contribution in [0.3, 0.4) is 0 Å². The molecule has 1 aromatic carbocycles. The maximum Gasteiger partial charge on any atom is 0.173 e. The normalized spacial score (nSPS) is 11.0. The number of rotatable bonds is 5. The van der Waals surface area contributed by atoms with Crippen molar-refractivity contribution in [1.82, 2.24) is 9.97 Å². The highest BCUT2D eigenvalue weighted by Crippen LogP contribution is 2.35. The maximum absolute atomic E-state index is 12.4. The van der Waals surface area contributed by atoms with Gasteiger partial charge < -0.3 is 4.74 Å². The molecule has 0 saturated carbocycles. The van der Waals surface area contributed by atoms with Crippen molar-refractivity contribution < 1.29 is 9.53 Å². The molecule has 3 aromatic rings.